The molecule has 1 aromatic rings. The summed E-state index contributed by atoms with van der Waals surface area (Å²) in [5.74, 6) is -0.198. The van der Waals surface area contributed by atoms with E-state index in [4.69, 9.17) is 0 Å². The maximum absolute atomic E-state index is 11.8. The molecule has 0 spiro atoms. The zero-order chi connectivity index (χ0) is 11.3. The second kappa shape index (κ2) is 4.87. The van der Waals surface area contributed by atoms with E-state index in [2.05, 4.69) is 4.74 Å². The summed E-state index contributed by atoms with van der Waals surface area (Å²) < 4.78 is 39.2. The molecule has 0 unspecified atom stereocenters. The average molecular weight is 216 g/mol. The lowest BCUT2D eigenvalue weighted by atomic mass is 10.2. The summed E-state index contributed by atoms with van der Waals surface area (Å²) in [5.41, 5.74) is 0.853. The highest BCUT2D eigenvalue weighted by Gasteiger charge is 2.30. The number of rotatable bonds is 3. The number of allylic oxidation sites excluding steroid dienone is 1. The SMILES string of the molecule is CC/C=C\c1ccc(OC(F)(F)F)cc1. The molecule has 1 nitrogen and oxygen atoms in total. The summed E-state index contributed by atoms with van der Waals surface area (Å²) in [4.78, 5) is 0. The van der Waals surface area contributed by atoms with E-state index >= 15 is 0 Å². The Morgan fingerprint density at radius 1 is 1.20 bits per heavy atom. The van der Waals surface area contributed by atoms with Gasteiger partial charge in [0, 0.05) is 0 Å². The highest BCUT2D eigenvalue weighted by Crippen LogP contribution is 2.22. The summed E-state index contributed by atoms with van der Waals surface area (Å²) in [6, 6.07) is 5.74. The average Bonchev–Trinajstić information content (AvgIpc) is 2.14. The molecule has 0 aliphatic rings. The zero-order valence-corrected chi connectivity index (χ0v) is 8.21. The van der Waals surface area contributed by atoms with Crippen molar-refractivity contribution >= 4 is 6.08 Å². The van der Waals surface area contributed by atoms with Crippen LogP contribution in [0.5, 0.6) is 5.75 Å². The fourth-order valence-corrected chi connectivity index (χ4v) is 1.03. The van der Waals surface area contributed by atoms with Gasteiger partial charge in [0.2, 0.25) is 0 Å². The molecule has 0 saturated carbocycles. The fourth-order valence-electron chi connectivity index (χ4n) is 1.03. The molecule has 0 aromatic heterocycles. The number of ether oxygens (including phenoxy) is 1. The van der Waals surface area contributed by atoms with Crippen LogP contribution in [-0.4, -0.2) is 6.36 Å². The minimum absolute atomic E-state index is 0.198. The van der Waals surface area contributed by atoms with Gasteiger partial charge in [-0.2, -0.15) is 0 Å². The lowest BCUT2D eigenvalue weighted by molar-refractivity contribution is -0.274. The van der Waals surface area contributed by atoms with Gasteiger partial charge in [0.1, 0.15) is 5.75 Å². The monoisotopic (exact) mass is 216 g/mol. The fraction of sp³-hybridized carbons (Fsp3) is 0.273. The van der Waals surface area contributed by atoms with E-state index < -0.39 is 6.36 Å². The summed E-state index contributed by atoms with van der Waals surface area (Å²) in [7, 11) is 0. The molecule has 0 heterocycles. The van der Waals surface area contributed by atoms with Crippen molar-refractivity contribution in [2.45, 2.75) is 19.7 Å². The van der Waals surface area contributed by atoms with Gasteiger partial charge in [-0.15, -0.1) is 13.2 Å². The molecule has 4 heteroatoms. The van der Waals surface area contributed by atoms with Crippen LogP contribution in [0.4, 0.5) is 13.2 Å². The van der Waals surface area contributed by atoms with Crippen molar-refractivity contribution in [3.8, 4) is 5.75 Å². The summed E-state index contributed by atoms with van der Waals surface area (Å²) in [6.45, 7) is 1.98. The zero-order valence-electron chi connectivity index (χ0n) is 8.21. The van der Waals surface area contributed by atoms with Gasteiger partial charge < -0.3 is 4.74 Å². The maximum atomic E-state index is 11.8. The number of halogens is 3. The molecular weight excluding hydrogens is 205 g/mol. The first-order valence-corrected chi connectivity index (χ1v) is 4.53. The molecule has 0 saturated heterocycles. The Morgan fingerprint density at radius 3 is 2.27 bits per heavy atom. The molecule has 0 aliphatic carbocycles. The Hall–Kier alpha value is -1.45. The topological polar surface area (TPSA) is 9.23 Å². The Bertz CT molecular complexity index is 325. The first-order valence-electron chi connectivity index (χ1n) is 4.53. The highest BCUT2D eigenvalue weighted by atomic mass is 19.4. The normalized spacial score (nSPS) is 12.0. The van der Waals surface area contributed by atoms with Gasteiger partial charge in [-0.3, -0.25) is 0 Å². The molecular formula is C11H11F3O. The van der Waals surface area contributed by atoms with Crippen molar-refractivity contribution < 1.29 is 17.9 Å². The minimum atomic E-state index is -4.62. The van der Waals surface area contributed by atoms with Crippen LogP contribution < -0.4 is 4.74 Å². The third-order valence-electron chi connectivity index (χ3n) is 1.66. The van der Waals surface area contributed by atoms with Crippen molar-refractivity contribution in [2.75, 3.05) is 0 Å². The first kappa shape index (κ1) is 11.6. The van der Waals surface area contributed by atoms with Crippen molar-refractivity contribution in [3.05, 3.63) is 35.9 Å². The van der Waals surface area contributed by atoms with E-state index in [-0.39, 0.29) is 5.75 Å². The summed E-state index contributed by atoms with van der Waals surface area (Å²) >= 11 is 0. The van der Waals surface area contributed by atoms with Crippen LogP contribution in [0.2, 0.25) is 0 Å². The molecule has 82 valence electrons. The Kier molecular flexibility index (Phi) is 3.77. The second-order valence-electron chi connectivity index (χ2n) is 2.93. The van der Waals surface area contributed by atoms with Gasteiger partial charge in [0.05, 0.1) is 0 Å². The van der Waals surface area contributed by atoms with Crippen molar-refractivity contribution in [2.24, 2.45) is 0 Å². The number of benzene rings is 1. The van der Waals surface area contributed by atoms with Gasteiger partial charge in [-0.25, -0.2) is 0 Å². The van der Waals surface area contributed by atoms with E-state index in [9.17, 15) is 13.2 Å². The Balaban J connectivity index is 2.68. The summed E-state index contributed by atoms with van der Waals surface area (Å²) in [5, 5.41) is 0. The first-order chi connectivity index (χ1) is 7.01. The van der Waals surface area contributed by atoms with E-state index in [0.29, 0.717) is 0 Å². The molecule has 0 amide bonds. The maximum Gasteiger partial charge on any atom is 0.573 e. The van der Waals surface area contributed by atoms with Crippen LogP contribution in [0.15, 0.2) is 30.3 Å². The smallest absolute Gasteiger partial charge is 0.406 e. The third-order valence-corrected chi connectivity index (χ3v) is 1.66. The van der Waals surface area contributed by atoms with Gasteiger partial charge in [-0.05, 0) is 24.1 Å². The number of hydrogen-bond acceptors (Lipinski definition) is 1. The largest absolute Gasteiger partial charge is 0.573 e. The van der Waals surface area contributed by atoms with E-state index in [0.717, 1.165) is 12.0 Å². The van der Waals surface area contributed by atoms with Crippen LogP contribution >= 0.6 is 0 Å². The van der Waals surface area contributed by atoms with Gasteiger partial charge >= 0.3 is 6.36 Å². The van der Waals surface area contributed by atoms with Gasteiger partial charge in [0.25, 0.3) is 0 Å². The van der Waals surface area contributed by atoms with Crippen LogP contribution in [0.25, 0.3) is 6.08 Å². The molecule has 0 radical (unpaired) electrons. The quantitative estimate of drug-likeness (QED) is 0.741. The summed E-state index contributed by atoms with van der Waals surface area (Å²) in [6.07, 6.45) is 0.0402. The van der Waals surface area contributed by atoms with Gasteiger partial charge in [0.15, 0.2) is 0 Å². The lowest BCUT2D eigenvalue weighted by Gasteiger charge is -2.08. The molecule has 1 aromatic carbocycles. The van der Waals surface area contributed by atoms with E-state index in [1.54, 1.807) is 12.1 Å². The molecule has 0 N–H and O–H groups in total. The minimum Gasteiger partial charge on any atom is -0.406 e. The van der Waals surface area contributed by atoms with Gasteiger partial charge in [-0.1, -0.05) is 31.2 Å². The molecule has 15 heavy (non-hydrogen) atoms. The van der Waals surface area contributed by atoms with Crippen molar-refractivity contribution in [1.82, 2.24) is 0 Å². The van der Waals surface area contributed by atoms with Crippen LogP contribution in [0, 0.1) is 0 Å². The molecule has 0 atom stereocenters. The van der Waals surface area contributed by atoms with E-state index in [1.807, 2.05) is 19.1 Å². The highest BCUT2D eigenvalue weighted by molar-refractivity contribution is 5.50. The Morgan fingerprint density at radius 2 is 1.80 bits per heavy atom. The van der Waals surface area contributed by atoms with Crippen LogP contribution in [0.1, 0.15) is 18.9 Å². The number of alkyl halides is 3. The van der Waals surface area contributed by atoms with Crippen molar-refractivity contribution in [1.29, 1.82) is 0 Å². The van der Waals surface area contributed by atoms with E-state index in [1.165, 1.54) is 12.1 Å². The lowest BCUT2D eigenvalue weighted by Crippen LogP contribution is -2.16. The molecule has 0 bridgehead atoms. The predicted octanol–water partition coefficient (Wildman–Crippen LogP) is 4.01. The molecule has 0 aliphatic heterocycles. The predicted molar refractivity (Wildman–Crippen MR) is 52.5 cm³/mol. The Labute approximate surface area is 86.2 Å². The second-order valence-corrected chi connectivity index (χ2v) is 2.93. The standard InChI is InChI=1S/C11H11F3O/c1-2-3-4-9-5-7-10(8-6-9)15-11(12,13)14/h3-8H,2H2,1H3/b4-3-. The molecule has 0 fully saturated rings. The number of hydrogen-bond donors (Lipinski definition) is 0. The molecule has 1 rings (SSSR count). The van der Waals surface area contributed by atoms with Crippen molar-refractivity contribution in [3.63, 3.8) is 0 Å². The van der Waals surface area contributed by atoms with Crippen LogP contribution in [0.3, 0.4) is 0 Å². The third kappa shape index (κ3) is 4.54. The van der Waals surface area contributed by atoms with Crippen LogP contribution in [-0.2, 0) is 0 Å².